The number of hydrogen-bond donors (Lipinski definition) is 0. The minimum Gasteiger partial charge on any atom is -0.741 e. The zero-order chi connectivity index (χ0) is 20.0. The van der Waals surface area contributed by atoms with Crippen LogP contribution in [0.3, 0.4) is 0 Å². The Morgan fingerprint density at radius 3 is 2.08 bits per heavy atom. The summed E-state index contributed by atoms with van der Waals surface area (Å²) in [5.74, 6) is 1.17. The van der Waals surface area contributed by atoms with Gasteiger partial charge in [-0.25, -0.2) is 8.42 Å². The summed E-state index contributed by atoms with van der Waals surface area (Å²) in [6.45, 7) is 2.99. The van der Waals surface area contributed by atoms with Crippen molar-refractivity contribution in [1.29, 1.82) is 5.39 Å². The maximum atomic E-state index is 10.7. The molecule has 2 rings (SSSR count). The number of diazo groups is 1. The SMILES string of the molecule is COc1cc(N2CCOCC2)c(OC)cc1[N+]#N.O=S(=O)([O-])C(F)(F)F. The van der Waals surface area contributed by atoms with E-state index in [1.54, 1.807) is 20.3 Å². The fraction of sp³-hybridized carbons (Fsp3) is 0.538. The molecule has 0 atom stereocenters. The van der Waals surface area contributed by atoms with Gasteiger partial charge in [0.05, 0.1) is 39.2 Å². The fourth-order valence-corrected chi connectivity index (χ4v) is 2.00. The second-order valence-electron chi connectivity index (χ2n) is 4.80. The zero-order valence-electron chi connectivity index (χ0n) is 13.8. The van der Waals surface area contributed by atoms with Crippen LogP contribution >= 0.6 is 0 Å². The van der Waals surface area contributed by atoms with Crippen molar-refractivity contribution in [3.05, 3.63) is 17.1 Å². The summed E-state index contributed by atoms with van der Waals surface area (Å²) in [5.41, 5.74) is -4.37. The molecule has 0 amide bonds. The van der Waals surface area contributed by atoms with Gasteiger partial charge in [0.15, 0.2) is 20.8 Å². The van der Waals surface area contributed by atoms with E-state index in [1.807, 2.05) is 6.07 Å². The number of nitrogens with zero attached hydrogens (tertiary/aromatic N) is 3. The normalized spacial score (nSPS) is 14.7. The van der Waals surface area contributed by atoms with E-state index in [0.717, 1.165) is 18.8 Å². The molecule has 1 saturated heterocycles. The van der Waals surface area contributed by atoms with E-state index in [4.69, 9.17) is 32.6 Å². The zero-order valence-corrected chi connectivity index (χ0v) is 14.6. The smallest absolute Gasteiger partial charge is 0.485 e. The summed E-state index contributed by atoms with van der Waals surface area (Å²) in [7, 11) is -2.96. The number of anilines is 1. The van der Waals surface area contributed by atoms with E-state index in [2.05, 4.69) is 9.88 Å². The van der Waals surface area contributed by atoms with E-state index < -0.39 is 15.6 Å². The molecule has 0 unspecified atom stereocenters. The van der Waals surface area contributed by atoms with Gasteiger partial charge in [-0.3, -0.25) is 0 Å². The number of halogens is 3. The van der Waals surface area contributed by atoms with Crippen LogP contribution in [-0.4, -0.2) is 59.0 Å². The molecule has 1 aromatic carbocycles. The highest BCUT2D eigenvalue weighted by atomic mass is 32.2. The minimum absolute atomic E-state index is 0.353. The summed E-state index contributed by atoms with van der Waals surface area (Å²) < 4.78 is 74.8. The maximum absolute atomic E-state index is 10.7. The summed E-state index contributed by atoms with van der Waals surface area (Å²) in [6, 6.07) is 3.48. The van der Waals surface area contributed by atoms with Gasteiger partial charge in [-0.15, -0.1) is 0 Å². The Balaban J connectivity index is 0.000000359. The molecule has 1 aliphatic rings. The second kappa shape index (κ2) is 8.88. The number of methoxy groups -OCH3 is 2. The lowest BCUT2D eigenvalue weighted by Crippen LogP contribution is -2.36. The average Bonchev–Trinajstić information content (AvgIpc) is 2.60. The van der Waals surface area contributed by atoms with Crippen LogP contribution in [-0.2, 0) is 14.9 Å². The monoisotopic (exact) mass is 399 g/mol. The Hall–Kier alpha value is -2.30. The van der Waals surface area contributed by atoms with Crippen LogP contribution in [0.2, 0.25) is 0 Å². The summed E-state index contributed by atoms with van der Waals surface area (Å²) in [4.78, 5) is 5.35. The number of ether oxygens (including phenoxy) is 3. The molecule has 0 spiro atoms. The van der Waals surface area contributed by atoms with Crippen molar-refractivity contribution < 1.29 is 40.4 Å². The molecule has 0 radical (unpaired) electrons. The second-order valence-corrected chi connectivity index (χ2v) is 6.17. The summed E-state index contributed by atoms with van der Waals surface area (Å²) in [5, 5.41) is 8.93. The molecule has 0 saturated carbocycles. The standard InChI is InChI=1S/C12H16N3O3.CHF3O3S/c1-16-11-8-10(15-3-5-18-6-4-15)12(17-2)7-9(11)14-13;2-1(3,4)8(5,6)7/h7-8H,3-6H2,1-2H3;(H,5,6,7)/q+1;/p-1. The molecule has 1 aromatic rings. The third kappa shape index (κ3) is 5.61. The molecule has 1 aliphatic heterocycles. The molecule has 0 aromatic heterocycles. The van der Waals surface area contributed by atoms with Crippen LogP contribution in [0.4, 0.5) is 24.5 Å². The minimum atomic E-state index is -6.09. The lowest BCUT2D eigenvalue weighted by atomic mass is 10.2. The van der Waals surface area contributed by atoms with Crippen molar-refractivity contribution in [3.63, 3.8) is 0 Å². The lowest BCUT2D eigenvalue weighted by molar-refractivity contribution is -0.0517. The molecule has 0 N–H and O–H groups in total. The van der Waals surface area contributed by atoms with Gasteiger partial charge < -0.3 is 23.7 Å². The van der Waals surface area contributed by atoms with Crippen LogP contribution in [0, 0.1) is 5.39 Å². The predicted octanol–water partition coefficient (Wildman–Crippen LogP) is 2.08. The quantitative estimate of drug-likeness (QED) is 0.431. The maximum Gasteiger partial charge on any atom is 0.485 e. The molecule has 1 fully saturated rings. The fourth-order valence-electron chi connectivity index (χ4n) is 2.00. The van der Waals surface area contributed by atoms with Gasteiger partial charge in [0.25, 0.3) is 0 Å². The average molecular weight is 399 g/mol. The highest BCUT2D eigenvalue weighted by Gasteiger charge is 2.36. The number of morpholine rings is 1. The Bertz CT molecular complexity index is 758. The van der Waals surface area contributed by atoms with Crippen molar-refractivity contribution in [3.8, 4) is 11.5 Å². The van der Waals surface area contributed by atoms with Crippen LogP contribution in [0.1, 0.15) is 0 Å². The summed E-state index contributed by atoms with van der Waals surface area (Å²) in [6.07, 6.45) is 0. The van der Waals surface area contributed by atoms with Crippen molar-refractivity contribution in [2.24, 2.45) is 0 Å². The molecule has 13 heteroatoms. The van der Waals surface area contributed by atoms with Gasteiger partial charge in [-0.05, 0) is 0 Å². The molecule has 0 bridgehead atoms. The van der Waals surface area contributed by atoms with Gasteiger partial charge in [-0.2, -0.15) is 13.2 Å². The first-order valence-corrected chi connectivity index (χ1v) is 8.42. The summed E-state index contributed by atoms with van der Waals surface area (Å²) >= 11 is 0. The van der Waals surface area contributed by atoms with Gasteiger partial charge in [-0.1, -0.05) is 0 Å². The van der Waals surface area contributed by atoms with E-state index in [9.17, 15) is 13.2 Å². The van der Waals surface area contributed by atoms with Gasteiger partial charge >= 0.3 is 11.2 Å². The Morgan fingerprint density at radius 2 is 1.69 bits per heavy atom. The van der Waals surface area contributed by atoms with Gasteiger partial charge in [0.2, 0.25) is 11.1 Å². The third-order valence-corrected chi connectivity index (χ3v) is 3.79. The number of alkyl halides is 3. The number of rotatable bonds is 3. The van der Waals surface area contributed by atoms with E-state index >= 15 is 0 Å². The Morgan fingerprint density at radius 1 is 1.19 bits per heavy atom. The van der Waals surface area contributed by atoms with Crippen molar-refractivity contribution in [2.45, 2.75) is 5.51 Å². The first-order valence-electron chi connectivity index (χ1n) is 7.01. The highest BCUT2D eigenvalue weighted by molar-refractivity contribution is 7.86. The van der Waals surface area contributed by atoms with Gasteiger partial charge in [0.1, 0.15) is 0 Å². The first kappa shape index (κ1) is 21.7. The molecule has 1 heterocycles. The van der Waals surface area contributed by atoms with E-state index in [-0.39, 0.29) is 0 Å². The molecular weight excluding hydrogens is 383 g/mol. The Labute approximate surface area is 147 Å². The molecule has 0 aliphatic carbocycles. The van der Waals surface area contributed by atoms with Crippen LogP contribution in [0.25, 0.3) is 4.98 Å². The third-order valence-electron chi connectivity index (χ3n) is 3.22. The largest absolute Gasteiger partial charge is 0.741 e. The van der Waals surface area contributed by atoms with Crippen LogP contribution in [0.15, 0.2) is 12.1 Å². The number of hydrogen-bond acceptors (Lipinski definition) is 8. The predicted molar refractivity (Wildman–Crippen MR) is 83.1 cm³/mol. The van der Waals surface area contributed by atoms with Crippen LogP contribution < -0.4 is 14.4 Å². The van der Waals surface area contributed by atoms with Crippen molar-refractivity contribution in [1.82, 2.24) is 0 Å². The first-order chi connectivity index (χ1) is 12.0. The molecule has 9 nitrogen and oxygen atoms in total. The lowest BCUT2D eigenvalue weighted by Gasteiger charge is -2.29. The van der Waals surface area contributed by atoms with Crippen LogP contribution in [0.5, 0.6) is 11.5 Å². The van der Waals surface area contributed by atoms with E-state index in [1.165, 1.54) is 0 Å². The highest BCUT2D eigenvalue weighted by Crippen LogP contribution is 2.40. The Kier molecular flexibility index (Phi) is 7.42. The molecular formula is C13H16F3N3O6S. The molecule has 146 valence electrons. The van der Waals surface area contributed by atoms with Crippen molar-refractivity contribution in [2.75, 3.05) is 45.4 Å². The molecule has 26 heavy (non-hydrogen) atoms. The van der Waals surface area contributed by atoms with Crippen molar-refractivity contribution >= 4 is 21.5 Å². The number of benzene rings is 1. The topological polar surface area (TPSA) is 116 Å². The van der Waals surface area contributed by atoms with Gasteiger partial charge in [0, 0.05) is 19.2 Å². The van der Waals surface area contributed by atoms with E-state index in [0.29, 0.717) is 30.4 Å².